The van der Waals surface area contributed by atoms with Gasteiger partial charge in [-0.25, -0.2) is 8.42 Å². The third-order valence-electron chi connectivity index (χ3n) is 5.33. The maximum atomic E-state index is 13.1. The number of carbonyl (C=O) groups excluding carboxylic acids is 1. The maximum absolute atomic E-state index is 13.1. The van der Waals surface area contributed by atoms with E-state index in [0.717, 1.165) is 41.9 Å². The molecule has 0 atom stereocenters. The topological polar surface area (TPSA) is 66.5 Å². The van der Waals surface area contributed by atoms with Crippen molar-refractivity contribution in [2.24, 2.45) is 0 Å². The van der Waals surface area contributed by atoms with Gasteiger partial charge in [-0.1, -0.05) is 36.6 Å². The number of sulfonamides is 1. The molecule has 3 rings (SSSR count). The van der Waals surface area contributed by atoms with Gasteiger partial charge in [-0.05, 0) is 56.5 Å². The molecule has 30 heavy (non-hydrogen) atoms. The van der Waals surface area contributed by atoms with Crippen molar-refractivity contribution in [3.05, 3.63) is 59.2 Å². The highest BCUT2D eigenvalue weighted by Crippen LogP contribution is 2.23. The minimum atomic E-state index is -3.57. The van der Waals surface area contributed by atoms with Gasteiger partial charge in [-0.3, -0.25) is 4.79 Å². The van der Waals surface area contributed by atoms with E-state index in [0.29, 0.717) is 25.2 Å². The molecule has 0 radical (unpaired) electrons. The van der Waals surface area contributed by atoms with Crippen LogP contribution in [0.2, 0.25) is 0 Å². The van der Waals surface area contributed by atoms with Gasteiger partial charge in [0, 0.05) is 35.8 Å². The molecule has 2 aromatic rings. The van der Waals surface area contributed by atoms with E-state index >= 15 is 0 Å². The minimum Gasteiger partial charge on any atom is -0.351 e. The van der Waals surface area contributed by atoms with Gasteiger partial charge in [0.2, 0.25) is 10.0 Å². The maximum Gasteiger partial charge on any atom is 0.251 e. The van der Waals surface area contributed by atoms with Crippen molar-refractivity contribution in [2.45, 2.75) is 49.3 Å². The first kappa shape index (κ1) is 22.8. The molecule has 1 N–H and O–H groups in total. The molecule has 0 spiro atoms. The van der Waals surface area contributed by atoms with Crippen molar-refractivity contribution in [2.75, 3.05) is 25.4 Å². The summed E-state index contributed by atoms with van der Waals surface area (Å²) in [5.74, 6) is 0.518. The summed E-state index contributed by atoms with van der Waals surface area (Å²) >= 11 is 1.68. The van der Waals surface area contributed by atoms with Crippen molar-refractivity contribution in [1.29, 1.82) is 0 Å². The molecule has 1 fully saturated rings. The molecule has 0 bridgehead atoms. The number of nitrogens with one attached hydrogen (secondary N) is 1. The molecule has 2 aromatic carbocycles. The van der Waals surface area contributed by atoms with Gasteiger partial charge in [0.25, 0.3) is 5.91 Å². The predicted octanol–water partition coefficient (Wildman–Crippen LogP) is 4.39. The fourth-order valence-electron chi connectivity index (χ4n) is 3.50. The molecular formula is C23H30N2O3S2. The van der Waals surface area contributed by atoms with Gasteiger partial charge < -0.3 is 5.32 Å². The molecule has 1 heterocycles. The Balaban J connectivity index is 1.63. The molecule has 1 saturated heterocycles. The van der Waals surface area contributed by atoms with Crippen LogP contribution in [0, 0.1) is 13.8 Å². The Morgan fingerprint density at radius 2 is 1.67 bits per heavy atom. The lowest BCUT2D eigenvalue weighted by atomic mass is 10.1. The van der Waals surface area contributed by atoms with Gasteiger partial charge in [-0.2, -0.15) is 4.31 Å². The smallest absolute Gasteiger partial charge is 0.251 e. The third-order valence-corrected chi connectivity index (χ3v) is 8.24. The second-order valence-corrected chi connectivity index (χ2v) is 10.8. The summed E-state index contributed by atoms with van der Waals surface area (Å²) < 4.78 is 27.7. The van der Waals surface area contributed by atoms with Gasteiger partial charge >= 0.3 is 0 Å². The molecular weight excluding hydrogens is 416 g/mol. The second-order valence-electron chi connectivity index (χ2n) is 7.71. The van der Waals surface area contributed by atoms with Crippen LogP contribution in [0.4, 0.5) is 0 Å². The highest BCUT2D eigenvalue weighted by molar-refractivity contribution is 7.99. The molecule has 0 aliphatic carbocycles. The molecule has 0 saturated carbocycles. The van der Waals surface area contributed by atoms with E-state index < -0.39 is 10.0 Å². The molecule has 5 nitrogen and oxygen atoms in total. The fraction of sp³-hybridized carbons (Fsp3) is 0.435. The molecule has 1 aliphatic heterocycles. The first-order chi connectivity index (χ1) is 14.4. The summed E-state index contributed by atoms with van der Waals surface area (Å²) in [7, 11) is -3.57. The monoisotopic (exact) mass is 446 g/mol. The van der Waals surface area contributed by atoms with E-state index in [1.807, 2.05) is 6.92 Å². The molecule has 0 unspecified atom stereocenters. The van der Waals surface area contributed by atoms with Crippen LogP contribution in [0.25, 0.3) is 0 Å². The summed E-state index contributed by atoms with van der Waals surface area (Å²) in [5.41, 5.74) is 2.41. The van der Waals surface area contributed by atoms with Gasteiger partial charge in [0.05, 0.1) is 4.90 Å². The summed E-state index contributed by atoms with van der Waals surface area (Å²) in [6.45, 7) is 5.50. The van der Waals surface area contributed by atoms with Crippen LogP contribution in [0.5, 0.6) is 0 Å². The molecule has 1 amide bonds. The van der Waals surface area contributed by atoms with Crippen molar-refractivity contribution >= 4 is 27.7 Å². The molecule has 0 aromatic heterocycles. The van der Waals surface area contributed by atoms with Crippen LogP contribution in [0.3, 0.4) is 0 Å². The molecule has 162 valence electrons. The van der Waals surface area contributed by atoms with Crippen LogP contribution in [-0.4, -0.2) is 44.0 Å². The van der Waals surface area contributed by atoms with Crippen molar-refractivity contribution in [1.82, 2.24) is 9.62 Å². The Kier molecular flexibility index (Phi) is 7.97. The van der Waals surface area contributed by atoms with Gasteiger partial charge in [0.1, 0.15) is 0 Å². The van der Waals surface area contributed by atoms with Crippen LogP contribution in [0.1, 0.15) is 47.2 Å². The van der Waals surface area contributed by atoms with Crippen molar-refractivity contribution < 1.29 is 13.2 Å². The van der Waals surface area contributed by atoms with Gasteiger partial charge in [-0.15, -0.1) is 11.8 Å². The Bertz CT molecular complexity index is 964. The number of hydrogen-bond donors (Lipinski definition) is 1. The fourth-order valence-corrected chi connectivity index (χ4v) is 5.81. The number of nitrogens with zero attached hydrogens (tertiary/aromatic N) is 1. The van der Waals surface area contributed by atoms with E-state index in [1.54, 1.807) is 28.2 Å². The second kappa shape index (κ2) is 10.5. The number of rotatable bonds is 7. The standard InChI is InChI=1S/C23H30N2O3S2/c1-18-7-10-20(11-8-18)29-16-13-24-23(26)22-17-21(12-9-19(22)2)30(27,28)25-14-5-3-4-6-15-25/h7-12,17H,3-6,13-16H2,1-2H3,(H,24,26). The SMILES string of the molecule is Cc1ccc(SCCNC(=O)c2cc(S(=O)(=O)N3CCCCCC3)ccc2C)cc1. The normalized spacial score (nSPS) is 15.5. The Morgan fingerprint density at radius 3 is 2.33 bits per heavy atom. The van der Waals surface area contributed by atoms with Crippen LogP contribution in [0.15, 0.2) is 52.3 Å². The largest absolute Gasteiger partial charge is 0.351 e. The summed E-state index contributed by atoms with van der Waals surface area (Å²) in [6, 6.07) is 13.1. The Labute approximate surface area is 184 Å². The predicted molar refractivity (Wildman–Crippen MR) is 123 cm³/mol. The quantitative estimate of drug-likeness (QED) is 0.506. The van der Waals surface area contributed by atoms with Gasteiger partial charge in [0.15, 0.2) is 0 Å². The highest BCUT2D eigenvalue weighted by atomic mass is 32.2. The van der Waals surface area contributed by atoms with E-state index in [-0.39, 0.29) is 10.8 Å². The highest BCUT2D eigenvalue weighted by Gasteiger charge is 2.26. The average Bonchev–Trinajstić information content (AvgIpc) is 3.03. The number of benzene rings is 2. The van der Waals surface area contributed by atoms with E-state index in [4.69, 9.17) is 0 Å². The first-order valence-corrected chi connectivity index (χ1v) is 12.9. The molecule has 7 heteroatoms. The number of carbonyl (C=O) groups is 1. The average molecular weight is 447 g/mol. The number of thioether (sulfide) groups is 1. The summed E-state index contributed by atoms with van der Waals surface area (Å²) in [4.78, 5) is 14.1. The lowest BCUT2D eigenvalue weighted by Gasteiger charge is -2.20. The number of amides is 1. The lowest BCUT2D eigenvalue weighted by molar-refractivity contribution is 0.0955. The number of hydrogen-bond acceptors (Lipinski definition) is 4. The zero-order valence-electron chi connectivity index (χ0n) is 17.7. The zero-order chi connectivity index (χ0) is 21.6. The van der Waals surface area contributed by atoms with Crippen LogP contribution in [-0.2, 0) is 10.0 Å². The number of aryl methyl sites for hydroxylation is 2. The van der Waals surface area contributed by atoms with E-state index in [1.165, 1.54) is 11.6 Å². The Hall–Kier alpha value is -1.83. The van der Waals surface area contributed by atoms with Crippen molar-refractivity contribution in [3.8, 4) is 0 Å². The van der Waals surface area contributed by atoms with Crippen LogP contribution >= 0.6 is 11.8 Å². The zero-order valence-corrected chi connectivity index (χ0v) is 19.3. The molecule has 1 aliphatic rings. The third kappa shape index (κ3) is 5.86. The van der Waals surface area contributed by atoms with Crippen molar-refractivity contribution in [3.63, 3.8) is 0 Å². The minimum absolute atomic E-state index is 0.203. The van der Waals surface area contributed by atoms with Crippen LogP contribution < -0.4 is 5.32 Å². The Morgan fingerprint density at radius 1 is 1.00 bits per heavy atom. The van der Waals surface area contributed by atoms with E-state index in [9.17, 15) is 13.2 Å². The lowest BCUT2D eigenvalue weighted by Crippen LogP contribution is -2.32. The summed E-state index contributed by atoms with van der Waals surface area (Å²) in [6.07, 6.45) is 3.90. The first-order valence-electron chi connectivity index (χ1n) is 10.5. The summed E-state index contributed by atoms with van der Waals surface area (Å²) in [5, 5.41) is 2.92. The van der Waals surface area contributed by atoms with E-state index in [2.05, 4.69) is 36.5 Å².